The topological polar surface area (TPSA) is 20.3 Å². The minimum atomic E-state index is -3.86. The fourth-order valence-electron chi connectivity index (χ4n) is 2.68. The normalized spacial score (nSPS) is 21.5. The highest BCUT2D eigenvalue weighted by Crippen LogP contribution is 2.54. The highest BCUT2D eigenvalue weighted by molar-refractivity contribution is 5.99. The predicted octanol–water partition coefficient (Wildman–Crippen LogP) is 3.69. The van der Waals surface area contributed by atoms with Crippen molar-refractivity contribution in [2.45, 2.75) is 11.7 Å². The van der Waals surface area contributed by atoms with E-state index >= 15 is 4.39 Å². The van der Waals surface area contributed by atoms with Crippen LogP contribution < -0.4 is 0 Å². The highest BCUT2D eigenvalue weighted by atomic mass is 19.3. The monoisotopic (exact) mass is 291 g/mol. The summed E-state index contributed by atoms with van der Waals surface area (Å²) in [5.74, 6) is -7.79. The van der Waals surface area contributed by atoms with Gasteiger partial charge in [0, 0.05) is 23.7 Å². The molecule has 2 aromatic rings. The highest BCUT2D eigenvalue weighted by Gasteiger charge is 2.65. The lowest BCUT2D eigenvalue weighted by molar-refractivity contribution is -0.203. The van der Waals surface area contributed by atoms with Gasteiger partial charge < -0.3 is 0 Å². The average Bonchev–Trinajstić information content (AvgIpc) is 2.72. The molecule has 0 aliphatic carbocycles. The molecule has 0 saturated heterocycles. The Kier molecular flexibility index (Phi) is 2.83. The molecule has 108 valence electrons. The van der Waals surface area contributed by atoms with Gasteiger partial charge in [0.2, 0.25) is 0 Å². The van der Waals surface area contributed by atoms with E-state index in [1.54, 1.807) is 6.07 Å². The fourth-order valence-corrected chi connectivity index (χ4v) is 2.68. The Labute approximate surface area is 119 Å². The number of halogens is 3. The number of alkyl halides is 3. The van der Waals surface area contributed by atoms with Crippen molar-refractivity contribution < 1.29 is 18.0 Å². The number of likely N-dealkylation sites (N-methyl/N-ethyl adjacent to an activating group) is 1. The number of hydrogen-bond donors (Lipinski definition) is 0. The van der Waals surface area contributed by atoms with Crippen LogP contribution in [-0.2, 0) is 11.7 Å². The van der Waals surface area contributed by atoms with Crippen molar-refractivity contribution in [3.05, 3.63) is 71.3 Å². The zero-order chi connectivity index (χ0) is 15.3. The van der Waals surface area contributed by atoms with Gasteiger partial charge >= 0.3 is 5.92 Å². The van der Waals surface area contributed by atoms with Crippen molar-refractivity contribution in [3.63, 3.8) is 0 Å². The number of rotatable bonds is 2. The summed E-state index contributed by atoms with van der Waals surface area (Å²) in [6.45, 7) is 0. The van der Waals surface area contributed by atoms with Gasteiger partial charge in [0.25, 0.3) is 11.7 Å². The number of carbonyl (C=O) groups is 1. The number of fused-ring (bicyclic) bond motifs is 1. The summed E-state index contributed by atoms with van der Waals surface area (Å²) in [4.78, 5) is 12.5. The van der Waals surface area contributed by atoms with Crippen LogP contribution in [0.1, 0.15) is 21.5 Å². The zero-order valence-corrected chi connectivity index (χ0v) is 11.2. The first-order chi connectivity index (χ1) is 9.90. The van der Waals surface area contributed by atoms with Crippen molar-refractivity contribution in [1.29, 1.82) is 0 Å². The SMILES string of the molecule is CN1C(=O)c2ccccc2C1(F)C(F)(F)c1ccccc1. The molecule has 0 spiro atoms. The summed E-state index contributed by atoms with van der Waals surface area (Å²) in [5.41, 5.74) is -0.798. The van der Waals surface area contributed by atoms with Crippen LogP contribution >= 0.6 is 0 Å². The number of amides is 1. The zero-order valence-electron chi connectivity index (χ0n) is 11.2. The van der Waals surface area contributed by atoms with Crippen LogP contribution in [0.15, 0.2) is 54.6 Å². The maximum atomic E-state index is 15.4. The molecule has 5 heteroatoms. The van der Waals surface area contributed by atoms with Crippen LogP contribution in [0.5, 0.6) is 0 Å². The van der Waals surface area contributed by atoms with Crippen LogP contribution in [0.3, 0.4) is 0 Å². The van der Waals surface area contributed by atoms with Crippen molar-refractivity contribution >= 4 is 5.91 Å². The van der Waals surface area contributed by atoms with Gasteiger partial charge in [-0.25, -0.2) is 4.39 Å². The third kappa shape index (κ3) is 1.63. The van der Waals surface area contributed by atoms with Crippen molar-refractivity contribution in [1.82, 2.24) is 4.90 Å². The summed E-state index contributed by atoms with van der Waals surface area (Å²) < 4.78 is 44.9. The minimum Gasteiger partial charge on any atom is -0.300 e. The maximum absolute atomic E-state index is 15.4. The molecule has 1 amide bonds. The summed E-state index contributed by atoms with van der Waals surface area (Å²) >= 11 is 0. The molecule has 0 bridgehead atoms. The van der Waals surface area contributed by atoms with Gasteiger partial charge in [-0.3, -0.25) is 9.69 Å². The molecule has 1 aliphatic heterocycles. The van der Waals surface area contributed by atoms with Crippen molar-refractivity contribution in [3.8, 4) is 0 Å². The molecular formula is C16H12F3NO. The molecule has 0 radical (unpaired) electrons. The summed E-state index contributed by atoms with van der Waals surface area (Å²) in [5, 5.41) is 0. The first kappa shape index (κ1) is 13.7. The summed E-state index contributed by atoms with van der Waals surface area (Å²) in [7, 11) is 1.05. The Morgan fingerprint density at radius 1 is 1.00 bits per heavy atom. The second kappa shape index (κ2) is 4.35. The van der Waals surface area contributed by atoms with Gasteiger partial charge in [0.15, 0.2) is 0 Å². The first-order valence-corrected chi connectivity index (χ1v) is 6.40. The first-order valence-electron chi connectivity index (χ1n) is 6.40. The minimum absolute atomic E-state index is 0.0295. The number of benzene rings is 2. The standard InChI is InChI=1S/C16H12F3NO/c1-20-14(21)12-9-5-6-10-13(12)16(20,19)15(17,18)11-7-3-2-4-8-11/h2-10H,1H3. The van der Waals surface area contributed by atoms with E-state index in [-0.39, 0.29) is 11.1 Å². The molecular weight excluding hydrogens is 279 g/mol. The third-order valence-corrected chi connectivity index (χ3v) is 3.83. The Morgan fingerprint density at radius 2 is 1.57 bits per heavy atom. The van der Waals surface area contributed by atoms with Gasteiger partial charge in [-0.15, -0.1) is 0 Å². The molecule has 0 aromatic heterocycles. The molecule has 3 rings (SSSR count). The Hall–Kier alpha value is -2.30. The maximum Gasteiger partial charge on any atom is 0.329 e. The van der Waals surface area contributed by atoms with E-state index < -0.39 is 23.2 Å². The molecule has 0 N–H and O–H groups in total. The Balaban J connectivity index is 2.23. The van der Waals surface area contributed by atoms with E-state index in [1.165, 1.54) is 36.4 Å². The van der Waals surface area contributed by atoms with E-state index in [0.717, 1.165) is 19.2 Å². The van der Waals surface area contributed by atoms with Crippen LogP contribution in [0, 0.1) is 0 Å². The van der Waals surface area contributed by atoms with Crippen LogP contribution in [0.4, 0.5) is 13.2 Å². The summed E-state index contributed by atoms with van der Waals surface area (Å²) in [6, 6.07) is 12.3. The lowest BCUT2D eigenvalue weighted by Crippen LogP contribution is -2.49. The molecule has 1 aliphatic rings. The lowest BCUT2D eigenvalue weighted by atomic mass is 9.92. The van der Waals surface area contributed by atoms with Crippen LogP contribution in [0.2, 0.25) is 0 Å². The largest absolute Gasteiger partial charge is 0.329 e. The fraction of sp³-hybridized carbons (Fsp3) is 0.188. The van der Waals surface area contributed by atoms with E-state index in [0.29, 0.717) is 4.90 Å². The van der Waals surface area contributed by atoms with Gasteiger partial charge in [-0.2, -0.15) is 8.78 Å². The molecule has 1 unspecified atom stereocenters. The Morgan fingerprint density at radius 3 is 2.24 bits per heavy atom. The summed E-state index contributed by atoms with van der Waals surface area (Å²) in [6.07, 6.45) is 0. The van der Waals surface area contributed by atoms with Gasteiger partial charge in [-0.05, 0) is 6.07 Å². The quantitative estimate of drug-likeness (QED) is 0.773. The smallest absolute Gasteiger partial charge is 0.300 e. The number of nitrogens with zero attached hydrogens (tertiary/aromatic N) is 1. The Bertz CT molecular complexity index is 702. The third-order valence-electron chi connectivity index (χ3n) is 3.83. The molecule has 1 heterocycles. The average molecular weight is 291 g/mol. The molecule has 0 saturated carbocycles. The second-order valence-electron chi connectivity index (χ2n) is 4.97. The van der Waals surface area contributed by atoms with E-state index in [1.807, 2.05) is 0 Å². The molecule has 2 nitrogen and oxygen atoms in total. The van der Waals surface area contributed by atoms with E-state index in [2.05, 4.69) is 0 Å². The van der Waals surface area contributed by atoms with Crippen LogP contribution in [-0.4, -0.2) is 17.9 Å². The van der Waals surface area contributed by atoms with Crippen molar-refractivity contribution in [2.24, 2.45) is 0 Å². The molecule has 2 aromatic carbocycles. The number of hydrogen-bond acceptors (Lipinski definition) is 1. The molecule has 1 atom stereocenters. The van der Waals surface area contributed by atoms with Crippen LogP contribution in [0.25, 0.3) is 0 Å². The van der Waals surface area contributed by atoms with Crippen molar-refractivity contribution in [2.75, 3.05) is 7.05 Å². The number of carbonyl (C=O) groups excluding carboxylic acids is 1. The van der Waals surface area contributed by atoms with Gasteiger partial charge in [0.1, 0.15) is 0 Å². The lowest BCUT2D eigenvalue weighted by Gasteiger charge is -2.36. The predicted molar refractivity (Wildman–Crippen MR) is 71.7 cm³/mol. The molecule has 0 fully saturated rings. The second-order valence-corrected chi connectivity index (χ2v) is 4.97. The van der Waals surface area contributed by atoms with Gasteiger partial charge in [-0.1, -0.05) is 48.5 Å². The van der Waals surface area contributed by atoms with E-state index in [9.17, 15) is 13.6 Å². The van der Waals surface area contributed by atoms with E-state index in [4.69, 9.17) is 0 Å². The van der Waals surface area contributed by atoms with Gasteiger partial charge in [0.05, 0.1) is 0 Å². The molecule has 21 heavy (non-hydrogen) atoms.